The molecule has 0 atom stereocenters. The molecule has 5 heteroatoms. The molecule has 2 aliphatic rings. The van der Waals surface area contributed by atoms with Crippen LogP contribution in [0.3, 0.4) is 0 Å². The number of ether oxygens (including phenoxy) is 1. The first-order valence-electron chi connectivity index (χ1n) is 7.79. The number of rotatable bonds is 4. The Balaban J connectivity index is 1.62. The van der Waals surface area contributed by atoms with Crippen molar-refractivity contribution in [1.29, 1.82) is 0 Å². The zero-order valence-electron chi connectivity index (χ0n) is 12.8. The second kappa shape index (κ2) is 5.92. The number of carbonyl (C=O) groups excluding carboxylic acids is 1. The van der Waals surface area contributed by atoms with E-state index in [2.05, 4.69) is 10.3 Å². The lowest BCUT2D eigenvalue weighted by atomic mass is 10.1. The normalized spacial score (nSPS) is 17.6. The SMILES string of the molecule is CC(C)NC(=O)N1CCc2nc(OCC3CC3)ccc2C1. The van der Waals surface area contributed by atoms with Crippen molar-refractivity contribution < 1.29 is 9.53 Å². The van der Waals surface area contributed by atoms with Crippen molar-refractivity contribution in [2.24, 2.45) is 5.92 Å². The van der Waals surface area contributed by atoms with Crippen molar-refractivity contribution in [3.63, 3.8) is 0 Å². The number of fused-ring (bicyclic) bond motifs is 1. The summed E-state index contributed by atoms with van der Waals surface area (Å²) < 4.78 is 5.72. The Morgan fingerprint density at radius 3 is 3.00 bits per heavy atom. The number of nitrogens with one attached hydrogen (secondary N) is 1. The average molecular weight is 289 g/mol. The van der Waals surface area contributed by atoms with Gasteiger partial charge in [-0.15, -0.1) is 0 Å². The minimum Gasteiger partial charge on any atom is -0.477 e. The molecule has 5 nitrogen and oxygen atoms in total. The summed E-state index contributed by atoms with van der Waals surface area (Å²) in [5.41, 5.74) is 2.19. The molecule has 1 aromatic rings. The van der Waals surface area contributed by atoms with Crippen LogP contribution in [0.25, 0.3) is 0 Å². The average Bonchev–Trinajstić information content (AvgIpc) is 3.28. The quantitative estimate of drug-likeness (QED) is 0.925. The van der Waals surface area contributed by atoms with Gasteiger partial charge in [0.05, 0.1) is 12.3 Å². The number of nitrogens with zero attached hydrogens (tertiary/aromatic N) is 2. The number of amides is 2. The highest BCUT2D eigenvalue weighted by molar-refractivity contribution is 5.74. The van der Waals surface area contributed by atoms with Crippen molar-refractivity contribution in [3.8, 4) is 5.88 Å². The first-order valence-corrected chi connectivity index (χ1v) is 7.79. The molecule has 2 heterocycles. The summed E-state index contributed by atoms with van der Waals surface area (Å²) in [6.07, 6.45) is 3.36. The Morgan fingerprint density at radius 2 is 2.29 bits per heavy atom. The van der Waals surface area contributed by atoms with Crippen molar-refractivity contribution in [2.75, 3.05) is 13.2 Å². The fraction of sp³-hybridized carbons (Fsp3) is 0.625. The molecule has 1 aliphatic heterocycles. The van der Waals surface area contributed by atoms with Crippen LogP contribution in [0.4, 0.5) is 4.79 Å². The van der Waals surface area contributed by atoms with E-state index in [0.29, 0.717) is 13.1 Å². The van der Waals surface area contributed by atoms with E-state index < -0.39 is 0 Å². The largest absolute Gasteiger partial charge is 0.477 e. The smallest absolute Gasteiger partial charge is 0.317 e. The van der Waals surface area contributed by atoms with Gasteiger partial charge >= 0.3 is 6.03 Å². The lowest BCUT2D eigenvalue weighted by Crippen LogP contribution is -2.45. The van der Waals surface area contributed by atoms with Crippen LogP contribution in [-0.4, -0.2) is 35.1 Å². The number of hydrogen-bond acceptors (Lipinski definition) is 3. The highest BCUT2D eigenvalue weighted by atomic mass is 16.5. The van der Waals surface area contributed by atoms with E-state index in [1.165, 1.54) is 12.8 Å². The van der Waals surface area contributed by atoms with E-state index in [0.717, 1.165) is 36.1 Å². The summed E-state index contributed by atoms with van der Waals surface area (Å²) in [5, 5.41) is 2.94. The van der Waals surface area contributed by atoms with Gasteiger partial charge in [0.1, 0.15) is 0 Å². The zero-order valence-corrected chi connectivity index (χ0v) is 12.8. The monoisotopic (exact) mass is 289 g/mol. The summed E-state index contributed by atoms with van der Waals surface area (Å²) in [6.45, 7) is 6.07. The fourth-order valence-corrected chi connectivity index (χ4v) is 2.48. The Labute approximate surface area is 125 Å². The van der Waals surface area contributed by atoms with Crippen molar-refractivity contribution in [1.82, 2.24) is 15.2 Å². The van der Waals surface area contributed by atoms with Crippen LogP contribution in [0.1, 0.15) is 37.9 Å². The van der Waals surface area contributed by atoms with E-state index >= 15 is 0 Å². The summed E-state index contributed by atoms with van der Waals surface area (Å²) in [6, 6.07) is 4.13. The first-order chi connectivity index (χ1) is 10.1. The molecule has 0 saturated heterocycles. The van der Waals surface area contributed by atoms with Gasteiger partial charge in [-0.1, -0.05) is 6.07 Å². The van der Waals surface area contributed by atoms with E-state index in [-0.39, 0.29) is 12.1 Å². The maximum atomic E-state index is 12.0. The molecule has 21 heavy (non-hydrogen) atoms. The molecule has 0 bridgehead atoms. The van der Waals surface area contributed by atoms with E-state index in [9.17, 15) is 4.79 Å². The second-order valence-electron chi connectivity index (χ2n) is 6.29. The number of hydrogen-bond donors (Lipinski definition) is 1. The Kier molecular flexibility index (Phi) is 3.99. The molecule has 1 saturated carbocycles. The van der Waals surface area contributed by atoms with Gasteiger partial charge < -0.3 is 15.0 Å². The van der Waals surface area contributed by atoms with Crippen molar-refractivity contribution in [3.05, 3.63) is 23.4 Å². The zero-order chi connectivity index (χ0) is 14.8. The Morgan fingerprint density at radius 1 is 1.48 bits per heavy atom. The van der Waals surface area contributed by atoms with Crippen LogP contribution < -0.4 is 10.1 Å². The third kappa shape index (κ3) is 3.65. The van der Waals surface area contributed by atoms with Crippen LogP contribution in [0.15, 0.2) is 12.1 Å². The maximum absolute atomic E-state index is 12.0. The van der Waals surface area contributed by atoms with Gasteiger partial charge in [-0.25, -0.2) is 9.78 Å². The third-order valence-electron chi connectivity index (χ3n) is 3.89. The molecular weight excluding hydrogens is 266 g/mol. The van der Waals surface area contributed by atoms with Gasteiger partial charge in [0.2, 0.25) is 5.88 Å². The highest BCUT2D eigenvalue weighted by Crippen LogP contribution is 2.29. The molecular formula is C16H23N3O2. The lowest BCUT2D eigenvalue weighted by Gasteiger charge is -2.29. The predicted molar refractivity (Wildman–Crippen MR) is 80.2 cm³/mol. The molecule has 114 valence electrons. The van der Waals surface area contributed by atoms with Crippen molar-refractivity contribution in [2.45, 2.75) is 45.7 Å². The van der Waals surface area contributed by atoms with Gasteiger partial charge in [0, 0.05) is 31.6 Å². The molecule has 1 N–H and O–H groups in total. The van der Waals surface area contributed by atoms with E-state index in [1.807, 2.05) is 30.9 Å². The van der Waals surface area contributed by atoms with E-state index in [1.54, 1.807) is 0 Å². The molecule has 0 aromatic carbocycles. The van der Waals surface area contributed by atoms with Gasteiger partial charge in [-0.2, -0.15) is 0 Å². The first kappa shape index (κ1) is 14.2. The summed E-state index contributed by atoms with van der Waals surface area (Å²) in [5.74, 6) is 1.46. The standard InChI is InChI=1S/C16H23N3O2/c1-11(2)17-16(20)19-8-7-14-13(9-19)5-6-15(18-14)21-10-12-3-4-12/h5-6,11-12H,3-4,7-10H2,1-2H3,(H,17,20). The number of pyridine rings is 1. The molecule has 0 spiro atoms. The third-order valence-corrected chi connectivity index (χ3v) is 3.89. The molecule has 2 amide bonds. The number of urea groups is 1. The Bertz CT molecular complexity index is 526. The lowest BCUT2D eigenvalue weighted by molar-refractivity contribution is 0.189. The minimum absolute atomic E-state index is 0.00436. The number of carbonyl (C=O) groups is 1. The molecule has 0 radical (unpaired) electrons. The number of aromatic nitrogens is 1. The molecule has 1 fully saturated rings. The van der Waals surface area contributed by atoms with E-state index in [4.69, 9.17) is 4.74 Å². The minimum atomic E-state index is 0.00436. The molecule has 1 aromatic heterocycles. The fourth-order valence-electron chi connectivity index (χ4n) is 2.48. The van der Waals surface area contributed by atoms with Gasteiger partial charge in [0.15, 0.2) is 0 Å². The van der Waals surface area contributed by atoms with Crippen LogP contribution in [0.5, 0.6) is 5.88 Å². The van der Waals surface area contributed by atoms with Crippen LogP contribution in [0, 0.1) is 5.92 Å². The highest BCUT2D eigenvalue weighted by Gasteiger charge is 2.24. The maximum Gasteiger partial charge on any atom is 0.317 e. The molecule has 3 rings (SSSR count). The summed E-state index contributed by atoms with van der Waals surface area (Å²) in [7, 11) is 0. The summed E-state index contributed by atoms with van der Waals surface area (Å²) >= 11 is 0. The predicted octanol–water partition coefficient (Wildman–Crippen LogP) is 2.35. The molecule has 0 unspecified atom stereocenters. The van der Waals surface area contributed by atoms with Gasteiger partial charge in [-0.3, -0.25) is 0 Å². The molecule has 1 aliphatic carbocycles. The van der Waals surface area contributed by atoms with Crippen LogP contribution >= 0.6 is 0 Å². The van der Waals surface area contributed by atoms with Crippen LogP contribution in [0.2, 0.25) is 0 Å². The Hall–Kier alpha value is -1.78. The topological polar surface area (TPSA) is 54.5 Å². The van der Waals surface area contributed by atoms with Crippen LogP contribution in [-0.2, 0) is 13.0 Å². The van der Waals surface area contributed by atoms with Crippen molar-refractivity contribution >= 4 is 6.03 Å². The second-order valence-corrected chi connectivity index (χ2v) is 6.29. The van der Waals surface area contributed by atoms with Gasteiger partial charge in [0.25, 0.3) is 0 Å². The summed E-state index contributed by atoms with van der Waals surface area (Å²) in [4.78, 5) is 18.5. The van der Waals surface area contributed by atoms with Gasteiger partial charge in [-0.05, 0) is 38.2 Å².